The van der Waals surface area contributed by atoms with E-state index in [4.69, 9.17) is 10.2 Å². The number of hydrogen-bond acceptors (Lipinski definition) is 2. The number of allylic oxidation sites excluding steroid dienone is 2. The molecule has 0 aromatic rings. The molecule has 0 radical (unpaired) electrons. The van der Waals surface area contributed by atoms with Gasteiger partial charge in [-0.1, -0.05) is 18.2 Å². The van der Waals surface area contributed by atoms with Crippen molar-refractivity contribution in [3.05, 3.63) is 23.8 Å². The first kappa shape index (κ1) is 9.40. The van der Waals surface area contributed by atoms with Crippen LogP contribution in [0.25, 0.3) is 0 Å². The average molecular weight is 142 g/mol. The molecule has 0 fully saturated rings. The molecule has 0 unspecified atom stereocenters. The standard InChI is InChI=1S/C8H14O2/c1-3-5-7(4-2)8(10)6-9/h3-5,8-10H,6H2,1-2H3/b5-3-,7-4+/t8-/m1/s1. The minimum atomic E-state index is -0.735. The maximum atomic E-state index is 9.08. The van der Waals surface area contributed by atoms with Gasteiger partial charge in [0.2, 0.25) is 0 Å². The Labute approximate surface area is 61.5 Å². The van der Waals surface area contributed by atoms with E-state index in [0.29, 0.717) is 0 Å². The summed E-state index contributed by atoms with van der Waals surface area (Å²) < 4.78 is 0. The van der Waals surface area contributed by atoms with Crippen LogP contribution in [0.5, 0.6) is 0 Å². The third-order valence-corrected chi connectivity index (χ3v) is 1.25. The van der Waals surface area contributed by atoms with Crippen molar-refractivity contribution >= 4 is 0 Å². The molecule has 10 heavy (non-hydrogen) atoms. The summed E-state index contributed by atoms with van der Waals surface area (Å²) in [4.78, 5) is 0. The zero-order valence-corrected chi connectivity index (χ0v) is 6.41. The molecule has 0 heterocycles. The summed E-state index contributed by atoms with van der Waals surface area (Å²) in [6.45, 7) is 3.48. The molecule has 0 aliphatic carbocycles. The van der Waals surface area contributed by atoms with Crippen LogP contribution in [0, 0.1) is 0 Å². The van der Waals surface area contributed by atoms with Crippen molar-refractivity contribution in [2.24, 2.45) is 0 Å². The highest BCUT2D eigenvalue weighted by Gasteiger charge is 2.03. The molecule has 1 atom stereocenters. The van der Waals surface area contributed by atoms with Crippen LogP contribution < -0.4 is 0 Å². The van der Waals surface area contributed by atoms with Gasteiger partial charge >= 0.3 is 0 Å². The largest absolute Gasteiger partial charge is 0.393 e. The summed E-state index contributed by atoms with van der Waals surface area (Å²) in [5.74, 6) is 0. The zero-order chi connectivity index (χ0) is 7.98. The van der Waals surface area contributed by atoms with Gasteiger partial charge in [-0.25, -0.2) is 0 Å². The van der Waals surface area contributed by atoms with Gasteiger partial charge in [0, 0.05) is 0 Å². The van der Waals surface area contributed by atoms with Crippen molar-refractivity contribution in [2.75, 3.05) is 6.61 Å². The van der Waals surface area contributed by atoms with Crippen LogP contribution in [0.15, 0.2) is 23.8 Å². The first-order valence-electron chi connectivity index (χ1n) is 3.34. The summed E-state index contributed by atoms with van der Waals surface area (Å²) in [5, 5.41) is 17.6. The van der Waals surface area contributed by atoms with Gasteiger partial charge in [-0.05, 0) is 19.4 Å². The average Bonchev–Trinajstić information content (AvgIpc) is 1.99. The van der Waals surface area contributed by atoms with Crippen molar-refractivity contribution in [1.82, 2.24) is 0 Å². The lowest BCUT2D eigenvalue weighted by molar-refractivity contribution is 0.125. The number of aliphatic hydroxyl groups is 2. The van der Waals surface area contributed by atoms with E-state index in [2.05, 4.69) is 0 Å². The highest BCUT2D eigenvalue weighted by Crippen LogP contribution is 2.02. The predicted molar refractivity (Wildman–Crippen MR) is 41.7 cm³/mol. The molecule has 2 heteroatoms. The van der Waals surface area contributed by atoms with Crippen molar-refractivity contribution in [1.29, 1.82) is 0 Å². The van der Waals surface area contributed by atoms with Crippen LogP contribution in [0.3, 0.4) is 0 Å². The highest BCUT2D eigenvalue weighted by molar-refractivity contribution is 5.21. The van der Waals surface area contributed by atoms with E-state index in [1.165, 1.54) is 0 Å². The Morgan fingerprint density at radius 2 is 2.10 bits per heavy atom. The van der Waals surface area contributed by atoms with E-state index in [0.717, 1.165) is 5.57 Å². The lowest BCUT2D eigenvalue weighted by atomic mass is 10.1. The number of aliphatic hydroxyl groups excluding tert-OH is 2. The second-order valence-electron chi connectivity index (χ2n) is 1.99. The molecule has 0 saturated carbocycles. The fraction of sp³-hybridized carbons (Fsp3) is 0.500. The van der Waals surface area contributed by atoms with Crippen molar-refractivity contribution in [3.8, 4) is 0 Å². The molecule has 0 aliphatic heterocycles. The molecular weight excluding hydrogens is 128 g/mol. The van der Waals surface area contributed by atoms with Gasteiger partial charge in [0.25, 0.3) is 0 Å². The molecule has 0 aliphatic rings. The Morgan fingerprint density at radius 3 is 2.40 bits per heavy atom. The maximum Gasteiger partial charge on any atom is 0.102 e. The minimum absolute atomic E-state index is 0.218. The predicted octanol–water partition coefficient (Wildman–Crippen LogP) is 0.862. The Hall–Kier alpha value is -0.600. The maximum absolute atomic E-state index is 9.08. The SMILES string of the molecule is C/C=C\C(=C/C)[C@H](O)CO. The Bertz CT molecular complexity index is 136. The van der Waals surface area contributed by atoms with Crippen molar-refractivity contribution in [3.63, 3.8) is 0 Å². The van der Waals surface area contributed by atoms with Crippen LogP contribution in [0.2, 0.25) is 0 Å². The Morgan fingerprint density at radius 1 is 1.50 bits per heavy atom. The van der Waals surface area contributed by atoms with Crippen LogP contribution >= 0.6 is 0 Å². The van der Waals surface area contributed by atoms with Crippen LogP contribution in [0.4, 0.5) is 0 Å². The van der Waals surface area contributed by atoms with Crippen LogP contribution in [-0.4, -0.2) is 22.9 Å². The number of hydrogen-bond donors (Lipinski definition) is 2. The van der Waals surface area contributed by atoms with E-state index in [1.54, 1.807) is 12.2 Å². The lowest BCUT2D eigenvalue weighted by Crippen LogP contribution is -2.13. The van der Waals surface area contributed by atoms with Crippen molar-refractivity contribution in [2.45, 2.75) is 20.0 Å². The lowest BCUT2D eigenvalue weighted by Gasteiger charge is -2.06. The molecule has 0 aromatic heterocycles. The van der Waals surface area contributed by atoms with Gasteiger partial charge in [0.05, 0.1) is 6.61 Å². The molecular formula is C8H14O2. The molecule has 0 amide bonds. The van der Waals surface area contributed by atoms with E-state index in [9.17, 15) is 0 Å². The smallest absolute Gasteiger partial charge is 0.102 e. The first-order chi connectivity index (χ1) is 4.76. The fourth-order valence-electron chi connectivity index (χ4n) is 0.698. The highest BCUT2D eigenvalue weighted by atomic mass is 16.3. The minimum Gasteiger partial charge on any atom is -0.393 e. The monoisotopic (exact) mass is 142 g/mol. The number of rotatable bonds is 3. The Kier molecular flexibility index (Phi) is 4.89. The molecule has 2 nitrogen and oxygen atoms in total. The van der Waals surface area contributed by atoms with Gasteiger partial charge in [0.15, 0.2) is 0 Å². The quantitative estimate of drug-likeness (QED) is 0.574. The fourth-order valence-corrected chi connectivity index (χ4v) is 0.698. The second kappa shape index (κ2) is 5.21. The topological polar surface area (TPSA) is 40.5 Å². The molecule has 0 aromatic carbocycles. The molecule has 0 saturated heterocycles. The van der Waals surface area contributed by atoms with E-state index in [-0.39, 0.29) is 6.61 Å². The molecule has 58 valence electrons. The normalized spacial score (nSPS) is 16.2. The van der Waals surface area contributed by atoms with E-state index in [1.807, 2.05) is 19.9 Å². The zero-order valence-electron chi connectivity index (χ0n) is 6.41. The summed E-state index contributed by atoms with van der Waals surface area (Å²) in [6.07, 6.45) is 4.65. The van der Waals surface area contributed by atoms with E-state index >= 15 is 0 Å². The third kappa shape index (κ3) is 2.80. The van der Waals surface area contributed by atoms with Crippen molar-refractivity contribution < 1.29 is 10.2 Å². The summed E-state index contributed by atoms with van der Waals surface area (Å²) in [7, 11) is 0. The van der Waals surface area contributed by atoms with E-state index < -0.39 is 6.10 Å². The third-order valence-electron chi connectivity index (χ3n) is 1.25. The van der Waals surface area contributed by atoms with Gasteiger partial charge in [-0.3, -0.25) is 0 Å². The van der Waals surface area contributed by atoms with Gasteiger partial charge in [-0.2, -0.15) is 0 Å². The molecule has 2 N–H and O–H groups in total. The van der Waals surface area contributed by atoms with Gasteiger partial charge in [0.1, 0.15) is 6.10 Å². The summed E-state index contributed by atoms with van der Waals surface area (Å²) in [5.41, 5.74) is 0.755. The first-order valence-corrected chi connectivity index (χ1v) is 3.34. The summed E-state index contributed by atoms with van der Waals surface area (Å²) in [6, 6.07) is 0. The molecule has 0 bridgehead atoms. The van der Waals surface area contributed by atoms with Gasteiger partial charge in [-0.15, -0.1) is 0 Å². The second-order valence-corrected chi connectivity index (χ2v) is 1.99. The molecule has 0 rings (SSSR count). The van der Waals surface area contributed by atoms with Crippen LogP contribution in [0.1, 0.15) is 13.8 Å². The summed E-state index contributed by atoms with van der Waals surface area (Å²) >= 11 is 0. The van der Waals surface area contributed by atoms with Gasteiger partial charge < -0.3 is 10.2 Å². The molecule has 0 spiro atoms. The Balaban J connectivity index is 4.08. The van der Waals surface area contributed by atoms with Crippen LogP contribution in [-0.2, 0) is 0 Å².